The summed E-state index contributed by atoms with van der Waals surface area (Å²) in [7, 11) is 0. The summed E-state index contributed by atoms with van der Waals surface area (Å²) in [6.45, 7) is 0. The molecule has 0 radical (unpaired) electrons. The second-order valence-corrected chi connectivity index (χ2v) is 11.9. The molecule has 6 aromatic carbocycles. The fraction of sp³-hybridized carbons (Fsp3) is 0.0238. The number of halogens is 3. The molecule has 2 aromatic heterocycles. The van der Waals surface area contributed by atoms with E-state index in [1.54, 1.807) is 42.5 Å². The zero-order chi connectivity index (χ0) is 35.1. The molecule has 51 heavy (non-hydrogen) atoms. The number of alkyl halides is 3. The fourth-order valence-electron chi connectivity index (χ4n) is 6.32. The van der Waals surface area contributed by atoms with Gasteiger partial charge in [-0.1, -0.05) is 84.9 Å². The SMILES string of the molecule is N#Cc1ccc2c(c1)c1cc(C#N)ccc1n2-c1cc(-c2nc(-c3ccccc3)nc(-c3ccccc3)n2)ccc1-c1cccc(C(F)(F)F)c1. The number of hydrogen-bond donors (Lipinski definition) is 0. The maximum absolute atomic E-state index is 14.0. The van der Waals surface area contributed by atoms with Gasteiger partial charge in [-0.3, -0.25) is 0 Å². The number of benzene rings is 6. The molecular weight excluding hydrogens is 645 g/mol. The molecule has 0 saturated carbocycles. The summed E-state index contributed by atoms with van der Waals surface area (Å²) in [5.41, 5.74) is 5.14. The third kappa shape index (κ3) is 5.73. The van der Waals surface area contributed by atoms with Crippen molar-refractivity contribution in [3.8, 4) is 63.1 Å². The first-order valence-electron chi connectivity index (χ1n) is 15.9. The van der Waals surface area contributed by atoms with Crippen LogP contribution in [-0.4, -0.2) is 19.5 Å². The quantitative estimate of drug-likeness (QED) is 0.182. The Kier molecular flexibility index (Phi) is 7.59. The van der Waals surface area contributed by atoms with Crippen LogP contribution in [0, 0.1) is 22.7 Å². The van der Waals surface area contributed by atoms with E-state index in [-0.39, 0.29) is 0 Å². The molecule has 2 heterocycles. The van der Waals surface area contributed by atoms with E-state index in [4.69, 9.17) is 15.0 Å². The van der Waals surface area contributed by atoms with Crippen molar-refractivity contribution in [3.63, 3.8) is 0 Å². The van der Waals surface area contributed by atoms with Crippen molar-refractivity contribution in [3.05, 3.63) is 156 Å². The molecule has 0 bridgehead atoms. The highest BCUT2D eigenvalue weighted by molar-refractivity contribution is 6.10. The second kappa shape index (κ2) is 12.4. The Morgan fingerprint density at radius 3 is 1.51 bits per heavy atom. The lowest BCUT2D eigenvalue weighted by molar-refractivity contribution is -0.137. The van der Waals surface area contributed by atoms with Gasteiger partial charge in [0, 0.05) is 33.0 Å². The minimum absolute atomic E-state index is 0.356. The highest BCUT2D eigenvalue weighted by Crippen LogP contribution is 2.40. The molecule has 6 nitrogen and oxygen atoms in total. The monoisotopic (exact) mass is 668 g/mol. The topological polar surface area (TPSA) is 91.2 Å². The van der Waals surface area contributed by atoms with Gasteiger partial charge in [-0.2, -0.15) is 23.7 Å². The molecule has 0 saturated heterocycles. The van der Waals surface area contributed by atoms with Gasteiger partial charge in [0.15, 0.2) is 17.5 Å². The van der Waals surface area contributed by atoms with E-state index in [2.05, 4.69) is 12.1 Å². The Hall–Kier alpha value is -7.10. The molecule has 9 heteroatoms. The van der Waals surface area contributed by atoms with Gasteiger partial charge in [-0.25, -0.2) is 15.0 Å². The zero-order valence-electron chi connectivity index (χ0n) is 26.6. The molecule has 0 atom stereocenters. The lowest BCUT2D eigenvalue weighted by Crippen LogP contribution is -2.05. The van der Waals surface area contributed by atoms with Crippen LogP contribution in [0.25, 0.3) is 72.8 Å². The number of nitriles is 2. The zero-order valence-corrected chi connectivity index (χ0v) is 26.6. The molecule has 8 aromatic rings. The molecule has 0 aliphatic carbocycles. The summed E-state index contributed by atoms with van der Waals surface area (Å²) in [5, 5.41) is 20.9. The normalized spacial score (nSPS) is 11.4. The summed E-state index contributed by atoms with van der Waals surface area (Å²) >= 11 is 0. The number of nitrogens with zero attached hydrogens (tertiary/aromatic N) is 6. The van der Waals surface area contributed by atoms with Gasteiger partial charge >= 0.3 is 6.18 Å². The maximum Gasteiger partial charge on any atom is 0.416 e. The first-order chi connectivity index (χ1) is 24.8. The van der Waals surface area contributed by atoms with Gasteiger partial charge in [-0.05, 0) is 60.2 Å². The van der Waals surface area contributed by atoms with E-state index in [1.807, 2.05) is 83.4 Å². The highest BCUT2D eigenvalue weighted by atomic mass is 19.4. The van der Waals surface area contributed by atoms with Crippen LogP contribution in [0.1, 0.15) is 16.7 Å². The average Bonchev–Trinajstić information content (AvgIpc) is 3.50. The summed E-state index contributed by atoms with van der Waals surface area (Å²) in [5.74, 6) is 1.31. The van der Waals surface area contributed by atoms with E-state index in [9.17, 15) is 23.7 Å². The predicted molar refractivity (Wildman–Crippen MR) is 190 cm³/mol. The summed E-state index contributed by atoms with van der Waals surface area (Å²) in [6.07, 6.45) is -4.54. The molecule has 8 rings (SSSR count). The molecule has 0 unspecified atom stereocenters. The van der Waals surface area contributed by atoms with Crippen molar-refractivity contribution in [2.24, 2.45) is 0 Å². The molecule has 0 N–H and O–H groups in total. The van der Waals surface area contributed by atoms with Crippen molar-refractivity contribution >= 4 is 21.8 Å². The van der Waals surface area contributed by atoms with E-state index >= 15 is 0 Å². The Morgan fingerprint density at radius 1 is 0.490 bits per heavy atom. The van der Waals surface area contributed by atoms with Crippen molar-refractivity contribution in [2.75, 3.05) is 0 Å². The lowest BCUT2D eigenvalue weighted by atomic mass is 9.98. The Balaban J connectivity index is 1.44. The minimum Gasteiger partial charge on any atom is -0.309 e. The van der Waals surface area contributed by atoms with Crippen LogP contribution in [0.4, 0.5) is 13.2 Å². The third-order valence-electron chi connectivity index (χ3n) is 8.72. The Labute approximate surface area is 290 Å². The molecular formula is C42H23F3N6. The molecule has 0 amide bonds. The summed E-state index contributed by atoms with van der Waals surface area (Å²) < 4.78 is 43.9. The van der Waals surface area contributed by atoms with Gasteiger partial charge in [0.1, 0.15) is 0 Å². The average molecular weight is 669 g/mol. The van der Waals surface area contributed by atoms with Crippen LogP contribution >= 0.6 is 0 Å². The van der Waals surface area contributed by atoms with Crippen LogP contribution in [-0.2, 0) is 6.18 Å². The van der Waals surface area contributed by atoms with Crippen molar-refractivity contribution in [1.29, 1.82) is 10.5 Å². The standard InChI is InChI=1S/C42H23F3N6/c43-42(44,45)32-13-7-12-30(22-32)33-17-16-31(41-49-39(28-8-3-1-4-9-28)48-40(50-41)29-10-5-2-6-11-29)23-38(33)51-36-18-14-26(24-46)20-34(36)35-21-27(25-47)15-19-37(35)51/h1-23H. The summed E-state index contributed by atoms with van der Waals surface area (Å²) in [4.78, 5) is 14.6. The maximum atomic E-state index is 14.0. The van der Waals surface area contributed by atoms with Gasteiger partial charge in [0.05, 0.1) is 45.5 Å². The molecule has 0 fully saturated rings. The molecule has 242 valence electrons. The van der Waals surface area contributed by atoms with Gasteiger partial charge in [0.2, 0.25) is 0 Å². The fourth-order valence-corrected chi connectivity index (χ4v) is 6.32. The van der Waals surface area contributed by atoms with Gasteiger partial charge < -0.3 is 4.57 Å². The van der Waals surface area contributed by atoms with Crippen molar-refractivity contribution in [2.45, 2.75) is 6.18 Å². The van der Waals surface area contributed by atoms with E-state index in [1.165, 1.54) is 6.07 Å². The van der Waals surface area contributed by atoms with Crippen LogP contribution in [0.3, 0.4) is 0 Å². The number of aromatic nitrogens is 4. The number of fused-ring (bicyclic) bond motifs is 3. The van der Waals surface area contributed by atoms with Crippen LogP contribution < -0.4 is 0 Å². The highest BCUT2D eigenvalue weighted by Gasteiger charge is 2.31. The van der Waals surface area contributed by atoms with Crippen LogP contribution in [0.5, 0.6) is 0 Å². The molecule has 0 aliphatic heterocycles. The minimum atomic E-state index is -4.54. The predicted octanol–water partition coefficient (Wildman–Crippen LogP) is 10.4. The first kappa shape index (κ1) is 31.2. The second-order valence-electron chi connectivity index (χ2n) is 11.9. The van der Waals surface area contributed by atoms with E-state index in [0.717, 1.165) is 34.0 Å². The van der Waals surface area contributed by atoms with Crippen LogP contribution in [0.15, 0.2) is 140 Å². The lowest BCUT2D eigenvalue weighted by Gasteiger charge is -2.17. The van der Waals surface area contributed by atoms with Gasteiger partial charge in [-0.15, -0.1) is 0 Å². The van der Waals surface area contributed by atoms with Gasteiger partial charge in [0.25, 0.3) is 0 Å². The Bertz CT molecular complexity index is 2580. The first-order valence-corrected chi connectivity index (χ1v) is 15.9. The van der Waals surface area contributed by atoms with Crippen LogP contribution in [0.2, 0.25) is 0 Å². The van der Waals surface area contributed by atoms with E-state index in [0.29, 0.717) is 62.0 Å². The Morgan fingerprint density at radius 2 is 1.00 bits per heavy atom. The largest absolute Gasteiger partial charge is 0.416 e. The number of hydrogen-bond acceptors (Lipinski definition) is 5. The molecule has 0 aliphatic rings. The summed E-state index contributed by atoms with van der Waals surface area (Å²) in [6, 6.07) is 44.7. The van der Waals surface area contributed by atoms with E-state index < -0.39 is 11.7 Å². The number of rotatable bonds is 5. The van der Waals surface area contributed by atoms with Crippen molar-refractivity contribution < 1.29 is 13.2 Å². The third-order valence-corrected chi connectivity index (χ3v) is 8.72. The molecule has 0 spiro atoms. The smallest absolute Gasteiger partial charge is 0.309 e. The van der Waals surface area contributed by atoms with Crippen molar-refractivity contribution in [1.82, 2.24) is 19.5 Å².